The summed E-state index contributed by atoms with van der Waals surface area (Å²) < 4.78 is 0. The number of anilines is 2. The van der Waals surface area contributed by atoms with Crippen LogP contribution in [0.15, 0.2) is 85.3 Å². The third-order valence-electron chi connectivity index (χ3n) is 6.97. The van der Waals surface area contributed by atoms with Crippen molar-refractivity contribution in [2.24, 2.45) is 0 Å². The van der Waals surface area contributed by atoms with Crippen molar-refractivity contribution < 1.29 is 4.79 Å². The lowest BCUT2D eigenvalue weighted by Crippen LogP contribution is -2.29. The van der Waals surface area contributed by atoms with E-state index >= 15 is 0 Å². The number of hydrogen-bond donors (Lipinski definition) is 3. The van der Waals surface area contributed by atoms with Crippen LogP contribution in [-0.2, 0) is 11.3 Å². The first kappa shape index (κ1) is 22.3. The van der Waals surface area contributed by atoms with Crippen molar-refractivity contribution in [3.8, 4) is 11.3 Å². The SMILES string of the molecule is O=C1Nc2ccccc2/C1=C(/Nc1ccc(-c2c[nH]cn2)cc1)c1ccc(CN2CCCCC2)cc1. The number of likely N-dealkylation sites (tertiary alicyclic amines) is 1. The molecule has 2 aliphatic rings. The van der Waals surface area contributed by atoms with E-state index in [1.165, 1.54) is 37.9 Å². The van der Waals surface area contributed by atoms with Gasteiger partial charge in [-0.25, -0.2) is 4.98 Å². The fourth-order valence-electron chi connectivity index (χ4n) is 5.08. The first-order chi connectivity index (χ1) is 17.7. The molecule has 0 atom stereocenters. The van der Waals surface area contributed by atoms with Gasteiger partial charge in [-0.05, 0) is 55.3 Å². The van der Waals surface area contributed by atoms with Crippen LogP contribution < -0.4 is 10.6 Å². The molecule has 2 aliphatic heterocycles. The number of benzene rings is 3. The van der Waals surface area contributed by atoms with Gasteiger partial charge in [-0.2, -0.15) is 0 Å². The molecule has 1 fully saturated rings. The number of amides is 1. The number of aromatic nitrogens is 2. The van der Waals surface area contributed by atoms with Gasteiger partial charge in [0.15, 0.2) is 0 Å². The quantitative estimate of drug-likeness (QED) is 0.299. The summed E-state index contributed by atoms with van der Waals surface area (Å²) in [4.78, 5) is 23.0. The zero-order valence-corrected chi connectivity index (χ0v) is 20.1. The van der Waals surface area contributed by atoms with Crippen molar-refractivity contribution in [2.75, 3.05) is 23.7 Å². The topological polar surface area (TPSA) is 73.0 Å². The number of H-pyrrole nitrogens is 1. The molecule has 4 aromatic rings. The number of nitrogens with zero attached hydrogens (tertiary/aromatic N) is 2. The molecular weight excluding hydrogens is 446 g/mol. The number of para-hydroxylation sites is 1. The number of aromatic amines is 1. The van der Waals surface area contributed by atoms with E-state index in [4.69, 9.17) is 0 Å². The zero-order valence-electron chi connectivity index (χ0n) is 20.1. The molecule has 6 heteroatoms. The Labute approximate surface area is 211 Å². The first-order valence-electron chi connectivity index (χ1n) is 12.6. The van der Waals surface area contributed by atoms with Crippen LogP contribution in [0.25, 0.3) is 22.5 Å². The average molecular weight is 476 g/mol. The lowest BCUT2D eigenvalue weighted by Gasteiger charge is -2.26. The van der Waals surface area contributed by atoms with Gasteiger partial charge in [-0.1, -0.05) is 61.0 Å². The Kier molecular flexibility index (Phi) is 6.10. The highest BCUT2D eigenvalue weighted by Crippen LogP contribution is 2.37. The first-order valence-corrected chi connectivity index (χ1v) is 12.6. The Balaban J connectivity index is 1.34. The number of nitrogens with one attached hydrogen (secondary N) is 3. The maximum absolute atomic E-state index is 13.1. The highest BCUT2D eigenvalue weighted by atomic mass is 16.2. The lowest BCUT2D eigenvalue weighted by atomic mass is 9.99. The van der Waals surface area contributed by atoms with Crippen LogP contribution in [0.2, 0.25) is 0 Å². The molecule has 3 aromatic carbocycles. The summed E-state index contributed by atoms with van der Waals surface area (Å²) in [5.74, 6) is -0.0933. The highest BCUT2D eigenvalue weighted by Gasteiger charge is 2.28. The van der Waals surface area contributed by atoms with E-state index in [9.17, 15) is 4.79 Å². The lowest BCUT2D eigenvalue weighted by molar-refractivity contribution is -0.110. The third kappa shape index (κ3) is 4.55. The summed E-state index contributed by atoms with van der Waals surface area (Å²) in [6, 6.07) is 24.6. The van der Waals surface area contributed by atoms with Gasteiger partial charge < -0.3 is 15.6 Å². The Morgan fingerprint density at radius 1 is 0.917 bits per heavy atom. The standard InChI is InChI=1S/C30H29N5O/c36-30-28(25-6-2-3-7-26(25)34-30)29(33-24-14-12-22(13-15-24)27-18-31-20-32-27)23-10-8-21(9-11-23)19-35-16-4-1-5-17-35/h2-3,6-15,18,20,33H,1,4-5,16-17,19H2,(H,31,32)(H,34,36)/b29-28-. The van der Waals surface area contributed by atoms with Gasteiger partial charge in [0.1, 0.15) is 0 Å². The summed E-state index contributed by atoms with van der Waals surface area (Å²) in [5.41, 5.74) is 8.32. The van der Waals surface area contributed by atoms with Gasteiger partial charge in [0.05, 0.1) is 23.3 Å². The fraction of sp³-hybridized carbons (Fsp3) is 0.200. The van der Waals surface area contributed by atoms with Crippen LogP contribution in [0.1, 0.15) is 36.0 Å². The molecule has 0 radical (unpaired) electrons. The van der Waals surface area contributed by atoms with Crippen LogP contribution >= 0.6 is 0 Å². The predicted molar refractivity (Wildman–Crippen MR) is 145 cm³/mol. The van der Waals surface area contributed by atoms with E-state index < -0.39 is 0 Å². The number of hydrogen-bond acceptors (Lipinski definition) is 4. The Morgan fingerprint density at radius 3 is 2.44 bits per heavy atom. The number of piperidine rings is 1. The number of imidazole rings is 1. The molecule has 0 saturated carbocycles. The summed E-state index contributed by atoms with van der Waals surface area (Å²) in [7, 11) is 0. The van der Waals surface area contributed by atoms with E-state index in [1.54, 1.807) is 6.33 Å². The van der Waals surface area contributed by atoms with E-state index in [0.717, 1.165) is 46.0 Å². The normalized spacial score (nSPS) is 16.9. The summed E-state index contributed by atoms with van der Waals surface area (Å²) in [5, 5.41) is 6.58. The van der Waals surface area contributed by atoms with Crippen LogP contribution in [0.5, 0.6) is 0 Å². The van der Waals surface area contributed by atoms with E-state index in [-0.39, 0.29) is 5.91 Å². The van der Waals surface area contributed by atoms with Crippen LogP contribution in [0.3, 0.4) is 0 Å². The van der Waals surface area contributed by atoms with Gasteiger partial charge >= 0.3 is 0 Å². The van der Waals surface area contributed by atoms with Crippen molar-refractivity contribution in [3.63, 3.8) is 0 Å². The zero-order chi connectivity index (χ0) is 24.3. The predicted octanol–water partition coefficient (Wildman–Crippen LogP) is 6.00. The molecular formula is C30H29N5O. The highest BCUT2D eigenvalue weighted by molar-refractivity contribution is 6.37. The Morgan fingerprint density at radius 2 is 1.69 bits per heavy atom. The monoisotopic (exact) mass is 475 g/mol. The van der Waals surface area contributed by atoms with Gasteiger partial charge in [0.25, 0.3) is 5.91 Å². The summed E-state index contributed by atoms with van der Waals surface area (Å²) in [6.45, 7) is 3.31. The Hall–Kier alpha value is -4.16. The summed E-state index contributed by atoms with van der Waals surface area (Å²) >= 11 is 0. The second-order valence-electron chi connectivity index (χ2n) is 9.44. The average Bonchev–Trinajstić information content (AvgIpc) is 3.57. The number of rotatable bonds is 6. The molecule has 6 rings (SSSR count). The molecule has 6 nitrogen and oxygen atoms in total. The van der Waals surface area contributed by atoms with E-state index in [1.807, 2.05) is 54.7 Å². The van der Waals surface area contributed by atoms with Crippen molar-refractivity contribution >= 4 is 28.6 Å². The van der Waals surface area contributed by atoms with Gasteiger partial charge in [0, 0.05) is 35.2 Å². The molecule has 180 valence electrons. The minimum atomic E-state index is -0.0933. The molecule has 1 aromatic heterocycles. The molecule has 0 bridgehead atoms. The van der Waals surface area contributed by atoms with Crippen LogP contribution in [0, 0.1) is 0 Å². The minimum absolute atomic E-state index is 0.0933. The van der Waals surface area contributed by atoms with Gasteiger partial charge in [0.2, 0.25) is 0 Å². The van der Waals surface area contributed by atoms with E-state index in [0.29, 0.717) is 5.57 Å². The van der Waals surface area contributed by atoms with Crippen LogP contribution in [-0.4, -0.2) is 33.9 Å². The summed E-state index contributed by atoms with van der Waals surface area (Å²) in [6.07, 6.45) is 7.46. The maximum Gasteiger partial charge on any atom is 0.258 e. The molecule has 0 spiro atoms. The smallest absolute Gasteiger partial charge is 0.258 e. The Bertz CT molecular complexity index is 1380. The van der Waals surface area contributed by atoms with Crippen molar-refractivity contribution in [1.29, 1.82) is 0 Å². The minimum Gasteiger partial charge on any atom is -0.354 e. The van der Waals surface area contributed by atoms with Crippen LogP contribution in [0.4, 0.5) is 11.4 Å². The van der Waals surface area contributed by atoms with Crippen molar-refractivity contribution in [1.82, 2.24) is 14.9 Å². The fourth-order valence-corrected chi connectivity index (χ4v) is 5.08. The number of carbonyl (C=O) groups is 1. The maximum atomic E-state index is 13.1. The molecule has 0 aliphatic carbocycles. The third-order valence-corrected chi connectivity index (χ3v) is 6.97. The molecule has 1 amide bonds. The largest absolute Gasteiger partial charge is 0.354 e. The van der Waals surface area contributed by atoms with Gasteiger partial charge in [-0.15, -0.1) is 0 Å². The number of carbonyl (C=O) groups excluding carboxylic acids is 1. The van der Waals surface area contributed by atoms with E-state index in [2.05, 4.69) is 49.8 Å². The van der Waals surface area contributed by atoms with Crippen molar-refractivity contribution in [3.05, 3.63) is 102 Å². The molecule has 3 N–H and O–H groups in total. The van der Waals surface area contributed by atoms with Crippen molar-refractivity contribution in [2.45, 2.75) is 25.8 Å². The molecule has 3 heterocycles. The second kappa shape index (κ2) is 9.84. The van der Waals surface area contributed by atoms with Gasteiger partial charge in [-0.3, -0.25) is 9.69 Å². The molecule has 36 heavy (non-hydrogen) atoms. The molecule has 1 saturated heterocycles. The number of fused-ring (bicyclic) bond motifs is 1. The second-order valence-corrected chi connectivity index (χ2v) is 9.44. The molecule has 0 unspecified atom stereocenters.